The van der Waals surface area contributed by atoms with Crippen molar-refractivity contribution < 1.29 is 14.3 Å². The smallest absolute Gasteiger partial charge is 0.300 e. The number of hydrogen-bond acceptors (Lipinski definition) is 4. The molecule has 0 atom stereocenters. The lowest BCUT2D eigenvalue weighted by Crippen LogP contribution is -2.19. The van der Waals surface area contributed by atoms with E-state index in [0.717, 1.165) is 9.13 Å². The predicted molar refractivity (Wildman–Crippen MR) is 94.9 cm³/mol. The molecule has 2 aromatic heterocycles. The van der Waals surface area contributed by atoms with Crippen LogP contribution in [0.4, 0.5) is 4.39 Å². The number of benzene rings is 1. The Balaban J connectivity index is 1.89. The number of rotatable bonds is 4. The second-order valence-electron chi connectivity index (χ2n) is 5.24. The number of aromatic nitrogens is 2. The van der Waals surface area contributed by atoms with Gasteiger partial charge >= 0.3 is 5.56 Å². The van der Waals surface area contributed by atoms with Crippen LogP contribution >= 0.6 is 22.6 Å². The molecule has 3 rings (SSSR count). The monoisotopic (exact) mass is 438 g/mol. The third-order valence-electron chi connectivity index (χ3n) is 3.58. The molecule has 0 saturated carbocycles. The molecular weight excluding hydrogens is 426 g/mol. The average molecular weight is 438 g/mol. The number of aromatic hydroxyl groups is 1. The second-order valence-corrected chi connectivity index (χ2v) is 6.48. The minimum Gasteiger partial charge on any atom is -0.501 e. The van der Waals surface area contributed by atoms with Gasteiger partial charge in [-0.1, -0.05) is 12.1 Å². The van der Waals surface area contributed by atoms with Crippen LogP contribution < -0.4 is 5.56 Å². The summed E-state index contributed by atoms with van der Waals surface area (Å²) < 4.78 is 14.9. The summed E-state index contributed by atoms with van der Waals surface area (Å²) in [5, 5.41) is 10.0. The largest absolute Gasteiger partial charge is 0.501 e. The van der Waals surface area contributed by atoms with Crippen LogP contribution in [0.2, 0.25) is 0 Å². The lowest BCUT2D eigenvalue weighted by molar-refractivity contribution is 0.0975. The van der Waals surface area contributed by atoms with Gasteiger partial charge in [0.05, 0.1) is 0 Å². The summed E-state index contributed by atoms with van der Waals surface area (Å²) in [5.74, 6) is -1.44. The van der Waals surface area contributed by atoms with Gasteiger partial charge in [0.2, 0.25) is 5.75 Å². The van der Waals surface area contributed by atoms with E-state index < -0.39 is 17.1 Å². The average Bonchev–Trinajstić information content (AvgIpc) is 2.58. The molecule has 0 radical (unpaired) electrons. The summed E-state index contributed by atoms with van der Waals surface area (Å²) in [6.45, 7) is 0. The molecule has 1 N–H and O–H groups in total. The molecule has 0 unspecified atom stereocenters. The van der Waals surface area contributed by atoms with Gasteiger partial charge in [0.1, 0.15) is 11.5 Å². The minimum atomic E-state index is -0.677. The Hall–Kier alpha value is -2.29. The van der Waals surface area contributed by atoms with Crippen molar-refractivity contribution in [3.8, 4) is 5.75 Å². The van der Waals surface area contributed by atoms with Gasteiger partial charge in [0.25, 0.3) is 0 Å². The maximum Gasteiger partial charge on any atom is 0.300 e. The van der Waals surface area contributed by atoms with E-state index in [9.17, 15) is 19.1 Å². The number of pyridine rings is 1. The van der Waals surface area contributed by atoms with E-state index in [1.165, 1.54) is 22.7 Å². The Morgan fingerprint density at radius 2 is 1.92 bits per heavy atom. The van der Waals surface area contributed by atoms with Crippen molar-refractivity contribution in [2.75, 3.05) is 0 Å². The summed E-state index contributed by atoms with van der Waals surface area (Å²) in [6.07, 6.45) is 1.97. The van der Waals surface area contributed by atoms with Crippen LogP contribution in [0.1, 0.15) is 22.5 Å². The lowest BCUT2D eigenvalue weighted by Gasteiger charge is -2.07. The van der Waals surface area contributed by atoms with Crippen molar-refractivity contribution in [2.24, 2.45) is 0 Å². The molecule has 0 aliphatic heterocycles. The van der Waals surface area contributed by atoms with Crippen molar-refractivity contribution in [1.29, 1.82) is 0 Å². The Morgan fingerprint density at radius 1 is 1.21 bits per heavy atom. The van der Waals surface area contributed by atoms with Gasteiger partial charge in [0, 0.05) is 16.2 Å². The molecule has 0 amide bonds. The van der Waals surface area contributed by atoms with Crippen LogP contribution in [-0.2, 0) is 6.42 Å². The Labute approximate surface area is 149 Å². The molecule has 122 valence electrons. The number of halogens is 2. The van der Waals surface area contributed by atoms with Crippen molar-refractivity contribution in [3.63, 3.8) is 0 Å². The van der Waals surface area contributed by atoms with E-state index >= 15 is 0 Å². The molecule has 7 heteroatoms. The van der Waals surface area contributed by atoms with Crippen molar-refractivity contribution >= 4 is 34.0 Å². The summed E-state index contributed by atoms with van der Waals surface area (Å²) in [4.78, 5) is 28.6. The Kier molecular flexibility index (Phi) is 4.61. The zero-order valence-electron chi connectivity index (χ0n) is 12.4. The fourth-order valence-electron chi connectivity index (χ4n) is 2.33. The van der Waals surface area contributed by atoms with Crippen LogP contribution in [-0.4, -0.2) is 20.3 Å². The van der Waals surface area contributed by atoms with Crippen LogP contribution in [0.15, 0.2) is 47.4 Å². The Bertz CT molecular complexity index is 984. The zero-order valence-corrected chi connectivity index (χ0v) is 14.5. The first-order valence-electron chi connectivity index (χ1n) is 7.14. The molecule has 5 nitrogen and oxygen atoms in total. The molecule has 0 fully saturated rings. The number of ketones is 1. The highest BCUT2D eigenvalue weighted by molar-refractivity contribution is 14.1. The van der Waals surface area contributed by atoms with Gasteiger partial charge in [0.15, 0.2) is 11.5 Å². The number of nitrogens with zero attached hydrogens (tertiary/aromatic N) is 2. The lowest BCUT2D eigenvalue weighted by atomic mass is 10.1. The van der Waals surface area contributed by atoms with Gasteiger partial charge in [-0.25, -0.2) is 9.37 Å². The summed E-state index contributed by atoms with van der Waals surface area (Å²) in [5.41, 5.74) is 0.173. The van der Waals surface area contributed by atoms with E-state index in [2.05, 4.69) is 4.98 Å². The summed E-state index contributed by atoms with van der Waals surface area (Å²) >= 11 is 2.04. The van der Waals surface area contributed by atoms with Crippen LogP contribution in [0.5, 0.6) is 5.75 Å². The number of fused-ring (bicyclic) bond motifs is 1. The van der Waals surface area contributed by atoms with Gasteiger partial charge in [-0.2, -0.15) is 0 Å². The second kappa shape index (κ2) is 6.68. The third kappa shape index (κ3) is 3.30. The topological polar surface area (TPSA) is 71.7 Å². The SMILES string of the molecule is O=C(CCc1ccc(F)cc1)c1nc2ccc(I)cn2c(=O)c1O. The van der Waals surface area contributed by atoms with Crippen molar-refractivity contribution in [2.45, 2.75) is 12.8 Å². The number of aryl methyl sites for hydroxylation is 1. The fraction of sp³-hybridized carbons (Fsp3) is 0.118. The highest BCUT2D eigenvalue weighted by Gasteiger charge is 2.18. The first-order valence-corrected chi connectivity index (χ1v) is 8.22. The van der Waals surface area contributed by atoms with Gasteiger partial charge in [-0.05, 0) is 58.8 Å². The highest BCUT2D eigenvalue weighted by atomic mass is 127. The van der Waals surface area contributed by atoms with E-state index in [4.69, 9.17) is 0 Å². The zero-order chi connectivity index (χ0) is 17.3. The normalized spacial score (nSPS) is 10.9. The van der Waals surface area contributed by atoms with Crippen LogP contribution in [0.3, 0.4) is 0 Å². The van der Waals surface area contributed by atoms with E-state index in [0.29, 0.717) is 12.1 Å². The molecule has 24 heavy (non-hydrogen) atoms. The summed E-state index contributed by atoms with van der Waals surface area (Å²) in [7, 11) is 0. The first-order chi connectivity index (χ1) is 11.5. The van der Waals surface area contributed by atoms with Crippen LogP contribution in [0.25, 0.3) is 5.65 Å². The quantitative estimate of drug-likeness (QED) is 0.503. The maximum absolute atomic E-state index is 12.9. The molecule has 0 bridgehead atoms. The number of Topliss-reactive ketones (excluding diaryl/α,β-unsaturated/α-hetero) is 1. The first kappa shape index (κ1) is 16.6. The third-order valence-corrected chi connectivity index (χ3v) is 4.22. The predicted octanol–water partition coefficient (Wildman–Crippen LogP) is 2.96. The molecule has 1 aromatic carbocycles. The standard InChI is InChI=1S/C17H12FIN2O3/c18-11-4-1-10(2-5-11)3-7-13(22)15-16(23)17(24)21-9-12(19)6-8-14(21)20-15/h1-2,4-6,8-9,23H,3,7H2. The van der Waals surface area contributed by atoms with Crippen molar-refractivity contribution in [1.82, 2.24) is 9.38 Å². The molecule has 0 aliphatic carbocycles. The molecule has 0 aliphatic rings. The van der Waals surface area contributed by atoms with Crippen LogP contribution in [0, 0.1) is 9.39 Å². The fourth-order valence-corrected chi connectivity index (χ4v) is 2.78. The van der Waals surface area contributed by atoms with Gasteiger partial charge in [-0.15, -0.1) is 0 Å². The number of hydrogen-bond donors (Lipinski definition) is 1. The molecule has 2 heterocycles. The van der Waals surface area contributed by atoms with E-state index in [1.807, 2.05) is 22.6 Å². The number of carbonyl (C=O) groups is 1. The van der Waals surface area contributed by atoms with Crippen molar-refractivity contribution in [3.05, 3.63) is 73.6 Å². The molecular formula is C17H12FIN2O3. The molecule has 0 saturated heterocycles. The molecule has 0 spiro atoms. The minimum absolute atomic E-state index is 0.0617. The van der Waals surface area contributed by atoms with E-state index in [-0.39, 0.29) is 17.9 Å². The van der Waals surface area contributed by atoms with Gasteiger partial charge < -0.3 is 5.11 Å². The maximum atomic E-state index is 12.9. The van der Waals surface area contributed by atoms with Gasteiger partial charge in [-0.3, -0.25) is 14.0 Å². The molecule has 3 aromatic rings. The summed E-state index contributed by atoms with van der Waals surface area (Å²) in [6, 6.07) is 9.19. The van der Waals surface area contributed by atoms with E-state index in [1.54, 1.807) is 24.3 Å². The number of carbonyl (C=O) groups excluding carboxylic acids is 1. The highest BCUT2D eigenvalue weighted by Crippen LogP contribution is 2.16. The Morgan fingerprint density at radius 3 is 2.62 bits per heavy atom.